The molecular formula is C14H16N2. The number of rotatable bonds is 1. The second-order valence-electron chi connectivity index (χ2n) is 4.52. The Bertz CT molecular complexity index is 513. The molecule has 0 radical (unpaired) electrons. The zero-order valence-corrected chi connectivity index (χ0v) is 9.53. The fourth-order valence-corrected chi connectivity index (χ4v) is 2.58. The average molecular weight is 212 g/mol. The SMILES string of the molecule is Cc1cc(C2CCCN2)c2ccccc2n1. The van der Waals surface area contributed by atoms with Crippen molar-refractivity contribution in [3.63, 3.8) is 0 Å². The van der Waals surface area contributed by atoms with Crippen LogP contribution in [0.1, 0.15) is 30.1 Å². The first kappa shape index (κ1) is 9.79. The van der Waals surface area contributed by atoms with E-state index >= 15 is 0 Å². The van der Waals surface area contributed by atoms with Crippen molar-refractivity contribution in [3.8, 4) is 0 Å². The molecule has 1 aromatic heterocycles. The molecule has 0 amide bonds. The molecule has 3 rings (SSSR count). The van der Waals surface area contributed by atoms with E-state index in [9.17, 15) is 0 Å². The first-order chi connectivity index (χ1) is 7.84. The van der Waals surface area contributed by atoms with Crippen LogP contribution in [0, 0.1) is 6.92 Å². The van der Waals surface area contributed by atoms with Crippen LogP contribution < -0.4 is 5.32 Å². The van der Waals surface area contributed by atoms with Crippen LogP contribution in [0.2, 0.25) is 0 Å². The summed E-state index contributed by atoms with van der Waals surface area (Å²) in [6.45, 7) is 3.21. The van der Waals surface area contributed by atoms with Crippen molar-refractivity contribution in [3.05, 3.63) is 41.6 Å². The molecule has 2 heteroatoms. The summed E-state index contributed by atoms with van der Waals surface area (Å²) in [6.07, 6.45) is 2.52. The molecule has 2 heterocycles. The molecule has 0 saturated carbocycles. The molecule has 1 N–H and O–H groups in total. The molecule has 1 atom stereocenters. The molecule has 1 saturated heterocycles. The van der Waals surface area contributed by atoms with E-state index in [1.807, 2.05) is 0 Å². The first-order valence-corrected chi connectivity index (χ1v) is 5.94. The minimum Gasteiger partial charge on any atom is -0.310 e. The van der Waals surface area contributed by atoms with Gasteiger partial charge in [0.15, 0.2) is 0 Å². The highest BCUT2D eigenvalue weighted by atomic mass is 14.9. The Morgan fingerprint density at radius 2 is 2.19 bits per heavy atom. The van der Waals surface area contributed by atoms with Crippen LogP contribution in [-0.4, -0.2) is 11.5 Å². The molecule has 0 aliphatic carbocycles. The summed E-state index contributed by atoms with van der Waals surface area (Å²) in [5.74, 6) is 0. The Morgan fingerprint density at radius 1 is 1.31 bits per heavy atom. The highest BCUT2D eigenvalue weighted by molar-refractivity contribution is 5.82. The fourth-order valence-electron chi connectivity index (χ4n) is 2.58. The second-order valence-corrected chi connectivity index (χ2v) is 4.52. The van der Waals surface area contributed by atoms with Gasteiger partial charge in [0.2, 0.25) is 0 Å². The number of benzene rings is 1. The lowest BCUT2D eigenvalue weighted by Crippen LogP contribution is -2.13. The molecule has 2 nitrogen and oxygen atoms in total. The van der Waals surface area contributed by atoms with Gasteiger partial charge < -0.3 is 5.32 Å². The summed E-state index contributed by atoms with van der Waals surface area (Å²) in [5, 5.41) is 4.86. The third-order valence-corrected chi connectivity index (χ3v) is 3.31. The van der Waals surface area contributed by atoms with E-state index < -0.39 is 0 Å². The van der Waals surface area contributed by atoms with Gasteiger partial charge in [0.25, 0.3) is 0 Å². The van der Waals surface area contributed by atoms with Crippen molar-refractivity contribution in [1.29, 1.82) is 0 Å². The van der Waals surface area contributed by atoms with Crippen LogP contribution in [0.5, 0.6) is 0 Å². The van der Waals surface area contributed by atoms with Gasteiger partial charge in [-0.25, -0.2) is 0 Å². The Morgan fingerprint density at radius 3 is 3.00 bits per heavy atom. The number of nitrogens with zero attached hydrogens (tertiary/aromatic N) is 1. The summed E-state index contributed by atoms with van der Waals surface area (Å²) >= 11 is 0. The average Bonchev–Trinajstić information content (AvgIpc) is 2.81. The zero-order chi connectivity index (χ0) is 11.0. The Balaban J connectivity index is 2.21. The van der Waals surface area contributed by atoms with E-state index in [0.717, 1.165) is 17.8 Å². The summed E-state index contributed by atoms with van der Waals surface area (Å²) < 4.78 is 0. The van der Waals surface area contributed by atoms with Crippen LogP contribution in [-0.2, 0) is 0 Å². The van der Waals surface area contributed by atoms with Crippen LogP contribution in [0.4, 0.5) is 0 Å². The molecule has 1 aliphatic heterocycles. The Kier molecular flexibility index (Phi) is 2.37. The van der Waals surface area contributed by atoms with Crippen LogP contribution in [0.3, 0.4) is 0 Å². The predicted octanol–water partition coefficient (Wildman–Crippen LogP) is 2.97. The maximum atomic E-state index is 4.58. The van der Waals surface area contributed by atoms with Gasteiger partial charge in [0.1, 0.15) is 0 Å². The molecule has 1 unspecified atom stereocenters. The van der Waals surface area contributed by atoms with Gasteiger partial charge in [0, 0.05) is 17.1 Å². The number of hydrogen-bond donors (Lipinski definition) is 1. The van der Waals surface area contributed by atoms with Gasteiger partial charge in [0.05, 0.1) is 5.52 Å². The molecular weight excluding hydrogens is 196 g/mol. The number of nitrogens with one attached hydrogen (secondary N) is 1. The number of pyridine rings is 1. The number of aromatic nitrogens is 1. The molecule has 1 aliphatic rings. The molecule has 16 heavy (non-hydrogen) atoms. The smallest absolute Gasteiger partial charge is 0.0708 e. The van der Waals surface area contributed by atoms with Crippen molar-refractivity contribution in [2.24, 2.45) is 0 Å². The molecule has 1 aromatic carbocycles. The molecule has 1 fully saturated rings. The van der Waals surface area contributed by atoms with Crippen LogP contribution in [0.15, 0.2) is 30.3 Å². The summed E-state index contributed by atoms with van der Waals surface area (Å²) in [4.78, 5) is 4.58. The lowest BCUT2D eigenvalue weighted by atomic mass is 10.00. The van der Waals surface area contributed by atoms with Crippen molar-refractivity contribution in [2.45, 2.75) is 25.8 Å². The second kappa shape index (κ2) is 3.87. The van der Waals surface area contributed by atoms with Gasteiger partial charge >= 0.3 is 0 Å². The van der Waals surface area contributed by atoms with Gasteiger partial charge in [-0.05, 0) is 44.0 Å². The standard InChI is InChI=1S/C14H16N2/c1-10-9-12(13-7-4-8-15-13)11-5-2-3-6-14(11)16-10/h2-3,5-6,9,13,15H,4,7-8H2,1H3. The third-order valence-electron chi connectivity index (χ3n) is 3.31. The minimum absolute atomic E-state index is 0.520. The Labute approximate surface area is 95.7 Å². The predicted molar refractivity (Wildman–Crippen MR) is 66.5 cm³/mol. The monoisotopic (exact) mass is 212 g/mol. The summed E-state index contributed by atoms with van der Waals surface area (Å²) in [5.41, 5.74) is 3.65. The summed E-state index contributed by atoms with van der Waals surface area (Å²) in [7, 11) is 0. The maximum Gasteiger partial charge on any atom is 0.0708 e. The van der Waals surface area contributed by atoms with Crippen molar-refractivity contribution >= 4 is 10.9 Å². The zero-order valence-electron chi connectivity index (χ0n) is 9.53. The topological polar surface area (TPSA) is 24.9 Å². The van der Waals surface area contributed by atoms with Crippen LogP contribution in [0.25, 0.3) is 10.9 Å². The normalized spacial score (nSPS) is 20.4. The van der Waals surface area contributed by atoms with Gasteiger partial charge in [-0.1, -0.05) is 18.2 Å². The first-order valence-electron chi connectivity index (χ1n) is 5.94. The van der Waals surface area contributed by atoms with Gasteiger partial charge in [-0.3, -0.25) is 4.98 Å². The highest BCUT2D eigenvalue weighted by Gasteiger charge is 2.18. The lowest BCUT2D eigenvalue weighted by Gasteiger charge is -2.14. The summed E-state index contributed by atoms with van der Waals surface area (Å²) in [6, 6.07) is 11.2. The van der Waals surface area contributed by atoms with Crippen LogP contribution >= 0.6 is 0 Å². The fraction of sp³-hybridized carbons (Fsp3) is 0.357. The lowest BCUT2D eigenvalue weighted by molar-refractivity contribution is 0.651. The van der Waals surface area contributed by atoms with Crippen molar-refractivity contribution in [1.82, 2.24) is 10.3 Å². The van der Waals surface area contributed by atoms with Gasteiger partial charge in [-0.2, -0.15) is 0 Å². The number of aryl methyl sites for hydroxylation is 1. The highest BCUT2D eigenvalue weighted by Crippen LogP contribution is 2.29. The van der Waals surface area contributed by atoms with E-state index in [1.54, 1.807) is 0 Å². The number of hydrogen-bond acceptors (Lipinski definition) is 2. The van der Waals surface area contributed by atoms with E-state index in [0.29, 0.717) is 6.04 Å². The number of para-hydroxylation sites is 1. The van der Waals surface area contributed by atoms with E-state index in [-0.39, 0.29) is 0 Å². The maximum absolute atomic E-state index is 4.58. The molecule has 0 bridgehead atoms. The van der Waals surface area contributed by atoms with Gasteiger partial charge in [-0.15, -0.1) is 0 Å². The largest absolute Gasteiger partial charge is 0.310 e. The minimum atomic E-state index is 0.520. The molecule has 2 aromatic rings. The van der Waals surface area contributed by atoms with Crippen molar-refractivity contribution in [2.75, 3.05) is 6.54 Å². The quantitative estimate of drug-likeness (QED) is 0.786. The van der Waals surface area contributed by atoms with Crippen molar-refractivity contribution < 1.29 is 0 Å². The Hall–Kier alpha value is -1.41. The molecule has 82 valence electrons. The van der Waals surface area contributed by atoms with E-state index in [2.05, 4.69) is 47.6 Å². The molecule has 0 spiro atoms. The third kappa shape index (κ3) is 1.59. The number of fused-ring (bicyclic) bond motifs is 1. The van der Waals surface area contributed by atoms with E-state index in [4.69, 9.17) is 0 Å². The van der Waals surface area contributed by atoms with E-state index in [1.165, 1.54) is 23.8 Å².